The van der Waals surface area contributed by atoms with Crippen molar-refractivity contribution in [3.05, 3.63) is 29.5 Å². The standard InChI is InChI=1S/C34H45N7O3/c1-3-28-33(43)39(2)29-16-35-34(38-31(29)41(28)24-6-4-5-7-24)37-27-11-10-26(25-12-13-44-30(25)27)32(42)36-23-14-21-18-40(17-20-8-9-20)19-22(21)15-23/h10-11,16,20-24,28H,3-9,12-15,17-19H2,1-2H3,(H,36,42)(H,35,37,38)/t21?,22?,23?,28-/m1/s1. The molecule has 1 aromatic heterocycles. The van der Waals surface area contributed by atoms with Crippen LogP contribution in [0, 0.1) is 17.8 Å². The molecule has 3 aliphatic heterocycles. The van der Waals surface area contributed by atoms with Gasteiger partial charge in [0.1, 0.15) is 17.5 Å². The third-order valence-electron chi connectivity index (χ3n) is 11.1. The van der Waals surface area contributed by atoms with E-state index in [1.54, 1.807) is 11.1 Å². The van der Waals surface area contributed by atoms with Crippen LogP contribution in [-0.4, -0.2) is 78.1 Å². The molecule has 0 radical (unpaired) electrons. The molecule has 2 aromatic rings. The van der Waals surface area contributed by atoms with Crippen molar-refractivity contribution in [1.29, 1.82) is 0 Å². The molecule has 0 bridgehead atoms. The van der Waals surface area contributed by atoms with Crippen molar-refractivity contribution >= 4 is 35.0 Å². The summed E-state index contributed by atoms with van der Waals surface area (Å²) in [5.41, 5.74) is 3.17. The van der Waals surface area contributed by atoms with Crippen LogP contribution in [0.5, 0.6) is 5.75 Å². The van der Waals surface area contributed by atoms with Crippen LogP contribution in [0.1, 0.15) is 80.6 Å². The van der Waals surface area contributed by atoms with Gasteiger partial charge in [0.15, 0.2) is 5.82 Å². The topological polar surface area (TPSA) is 103 Å². The summed E-state index contributed by atoms with van der Waals surface area (Å²) in [6.07, 6.45) is 12.7. The summed E-state index contributed by atoms with van der Waals surface area (Å²) in [7, 11) is 1.82. The molecular formula is C34H45N7O3. The zero-order valence-corrected chi connectivity index (χ0v) is 26.1. The number of rotatable bonds is 8. The van der Waals surface area contributed by atoms with Crippen LogP contribution < -0.4 is 25.2 Å². The van der Waals surface area contributed by atoms with Gasteiger partial charge in [0.2, 0.25) is 11.9 Å². The van der Waals surface area contributed by atoms with Gasteiger partial charge in [0.05, 0.1) is 18.5 Å². The van der Waals surface area contributed by atoms with E-state index in [1.165, 1.54) is 45.3 Å². The minimum atomic E-state index is -0.218. The number of anilines is 4. The highest BCUT2D eigenvalue weighted by Gasteiger charge is 2.43. The van der Waals surface area contributed by atoms with Crippen LogP contribution in [0.2, 0.25) is 0 Å². The lowest BCUT2D eigenvalue weighted by molar-refractivity contribution is -0.120. The summed E-state index contributed by atoms with van der Waals surface area (Å²) < 4.78 is 6.09. The van der Waals surface area contributed by atoms with Crippen molar-refractivity contribution in [2.24, 2.45) is 17.8 Å². The summed E-state index contributed by atoms with van der Waals surface area (Å²) in [5, 5.41) is 6.78. The molecule has 2 N–H and O–H groups in total. The van der Waals surface area contributed by atoms with Crippen LogP contribution in [0.25, 0.3) is 0 Å². The maximum Gasteiger partial charge on any atom is 0.251 e. The molecule has 234 valence electrons. The summed E-state index contributed by atoms with van der Waals surface area (Å²) in [4.78, 5) is 43.0. The maximum atomic E-state index is 13.5. The van der Waals surface area contributed by atoms with E-state index < -0.39 is 0 Å². The fraction of sp³-hybridized carbons (Fsp3) is 0.647. The van der Waals surface area contributed by atoms with E-state index in [1.807, 2.05) is 19.2 Å². The van der Waals surface area contributed by atoms with Gasteiger partial charge in [-0.05, 0) is 74.8 Å². The monoisotopic (exact) mass is 599 g/mol. The Morgan fingerprint density at radius 2 is 1.86 bits per heavy atom. The molecule has 3 saturated carbocycles. The number of benzene rings is 1. The van der Waals surface area contributed by atoms with Gasteiger partial charge in [-0.25, -0.2) is 4.98 Å². The van der Waals surface area contributed by atoms with E-state index in [4.69, 9.17) is 9.72 Å². The lowest BCUT2D eigenvalue weighted by Gasteiger charge is -2.43. The van der Waals surface area contributed by atoms with Crippen LogP contribution in [0.3, 0.4) is 0 Å². The third-order valence-corrected chi connectivity index (χ3v) is 11.1. The zero-order valence-electron chi connectivity index (χ0n) is 26.1. The Balaban J connectivity index is 0.990. The number of ether oxygens (including phenoxy) is 1. The minimum absolute atomic E-state index is 0.00802. The van der Waals surface area contributed by atoms with Crippen molar-refractivity contribution in [2.75, 3.05) is 48.4 Å². The second kappa shape index (κ2) is 11.2. The van der Waals surface area contributed by atoms with E-state index in [-0.39, 0.29) is 23.9 Å². The number of hydrogen-bond donors (Lipinski definition) is 2. The lowest BCUT2D eigenvalue weighted by Crippen LogP contribution is -2.55. The molecule has 1 saturated heterocycles. The highest BCUT2D eigenvalue weighted by molar-refractivity contribution is 6.04. The summed E-state index contributed by atoms with van der Waals surface area (Å²) in [6.45, 7) is 6.30. The Bertz CT molecular complexity index is 1440. The molecule has 10 heteroatoms. The van der Waals surface area contributed by atoms with Gasteiger partial charge in [-0.3, -0.25) is 9.59 Å². The molecule has 0 spiro atoms. The second-order valence-electron chi connectivity index (χ2n) is 14.1. The number of nitrogens with zero attached hydrogens (tertiary/aromatic N) is 5. The van der Waals surface area contributed by atoms with Gasteiger partial charge in [0, 0.05) is 56.3 Å². The molecule has 8 rings (SSSR count). The van der Waals surface area contributed by atoms with Crippen LogP contribution in [0.4, 0.5) is 23.1 Å². The van der Waals surface area contributed by atoms with Gasteiger partial charge in [0.25, 0.3) is 5.91 Å². The predicted octanol–water partition coefficient (Wildman–Crippen LogP) is 4.51. The Labute approximate surface area is 259 Å². The van der Waals surface area contributed by atoms with Crippen LogP contribution >= 0.6 is 0 Å². The number of carbonyl (C=O) groups is 2. The van der Waals surface area contributed by atoms with Crippen LogP contribution in [0.15, 0.2) is 18.3 Å². The summed E-state index contributed by atoms with van der Waals surface area (Å²) in [5.74, 6) is 4.47. The highest BCUT2D eigenvalue weighted by Crippen LogP contribution is 2.43. The van der Waals surface area contributed by atoms with Crippen molar-refractivity contribution in [1.82, 2.24) is 20.2 Å². The van der Waals surface area contributed by atoms with Crippen molar-refractivity contribution in [3.8, 4) is 5.75 Å². The van der Waals surface area contributed by atoms with E-state index in [2.05, 4.69) is 32.3 Å². The zero-order chi connectivity index (χ0) is 29.9. The average molecular weight is 600 g/mol. The lowest BCUT2D eigenvalue weighted by atomic mass is 10.0. The molecule has 4 heterocycles. The van der Waals surface area contributed by atoms with Crippen molar-refractivity contribution in [3.63, 3.8) is 0 Å². The Kier molecular flexibility index (Phi) is 7.15. The molecule has 2 amide bonds. The number of likely N-dealkylation sites (tertiary alicyclic amines) is 1. The summed E-state index contributed by atoms with van der Waals surface area (Å²) >= 11 is 0. The second-order valence-corrected chi connectivity index (χ2v) is 14.1. The van der Waals surface area contributed by atoms with Crippen molar-refractivity contribution < 1.29 is 14.3 Å². The highest BCUT2D eigenvalue weighted by atomic mass is 16.5. The quantitative estimate of drug-likeness (QED) is 0.457. The summed E-state index contributed by atoms with van der Waals surface area (Å²) in [6, 6.07) is 4.18. The van der Waals surface area contributed by atoms with Crippen molar-refractivity contribution in [2.45, 2.75) is 89.3 Å². The van der Waals surface area contributed by atoms with E-state index in [0.29, 0.717) is 48.2 Å². The number of carbonyl (C=O) groups excluding carboxylic acids is 2. The first kappa shape index (κ1) is 28.1. The van der Waals surface area contributed by atoms with Gasteiger partial charge in [-0.1, -0.05) is 19.8 Å². The van der Waals surface area contributed by atoms with Gasteiger partial charge in [-0.15, -0.1) is 0 Å². The number of hydrogen-bond acceptors (Lipinski definition) is 8. The largest absolute Gasteiger partial charge is 0.491 e. The predicted molar refractivity (Wildman–Crippen MR) is 170 cm³/mol. The van der Waals surface area contributed by atoms with Gasteiger partial charge >= 0.3 is 0 Å². The fourth-order valence-corrected chi connectivity index (χ4v) is 8.76. The average Bonchev–Trinajstić information content (AvgIpc) is 3.42. The number of likely N-dealkylation sites (N-methyl/N-ethyl adjacent to an activating group) is 1. The Morgan fingerprint density at radius 3 is 2.59 bits per heavy atom. The molecule has 2 unspecified atom stereocenters. The first-order valence-corrected chi connectivity index (χ1v) is 17.0. The van der Waals surface area contributed by atoms with Gasteiger partial charge < -0.3 is 30.1 Å². The molecule has 4 fully saturated rings. The molecular weight excluding hydrogens is 554 g/mol. The van der Waals surface area contributed by atoms with Gasteiger partial charge in [-0.2, -0.15) is 4.98 Å². The molecule has 44 heavy (non-hydrogen) atoms. The first-order chi connectivity index (χ1) is 21.5. The van der Waals surface area contributed by atoms with E-state index >= 15 is 0 Å². The number of fused-ring (bicyclic) bond motifs is 3. The first-order valence-electron chi connectivity index (χ1n) is 17.0. The molecule has 6 aliphatic rings. The molecule has 10 nitrogen and oxygen atoms in total. The number of aromatic nitrogens is 2. The normalized spacial score (nSPS) is 28.2. The SMILES string of the molecule is CC[C@@H]1C(=O)N(C)c2cnc(Nc3ccc(C(=O)NC4CC5CN(CC6CC6)CC5C4)c4c3OCC4)nc2N1C1CCCC1. The number of amides is 2. The number of nitrogens with one attached hydrogen (secondary N) is 2. The Morgan fingerprint density at radius 1 is 1.09 bits per heavy atom. The van der Waals surface area contributed by atoms with Crippen LogP contribution in [-0.2, 0) is 11.2 Å². The molecule has 3 atom stereocenters. The molecule has 3 aliphatic carbocycles. The molecule has 1 aromatic carbocycles. The Hall–Kier alpha value is -3.40. The maximum absolute atomic E-state index is 13.5. The minimum Gasteiger partial charge on any atom is -0.491 e. The van der Waals surface area contributed by atoms with E-state index in [9.17, 15) is 9.59 Å². The smallest absolute Gasteiger partial charge is 0.251 e. The third kappa shape index (κ3) is 4.99. The fourth-order valence-electron chi connectivity index (χ4n) is 8.76. The van der Waals surface area contributed by atoms with E-state index in [0.717, 1.165) is 60.8 Å².